The average Bonchev–Trinajstić information content (AvgIpc) is 2.59. The van der Waals surface area contributed by atoms with Crippen LogP contribution in [-0.4, -0.2) is 23.9 Å². The summed E-state index contributed by atoms with van der Waals surface area (Å²) in [6.07, 6.45) is 6.17. The summed E-state index contributed by atoms with van der Waals surface area (Å²) in [6.45, 7) is 9.76. The lowest BCUT2D eigenvalue weighted by molar-refractivity contribution is -0.0975. The highest BCUT2D eigenvalue weighted by Crippen LogP contribution is 2.67. The summed E-state index contributed by atoms with van der Waals surface area (Å²) in [6, 6.07) is 3.78. The lowest BCUT2D eigenvalue weighted by atomic mass is 9.42. The molecular formula is C23H32O3S. The molecule has 3 nitrogen and oxygen atoms in total. The van der Waals surface area contributed by atoms with Crippen molar-refractivity contribution in [1.29, 1.82) is 0 Å². The number of hydrogen-bond acceptors (Lipinski definition) is 3. The van der Waals surface area contributed by atoms with Gasteiger partial charge in [0, 0.05) is 10.6 Å². The molecule has 4 atom stereocenters. The molecule has 148 valence electrons. The van der Waals surface area contributed by atoms with Gasteiger partial charge in [0.2, 0.25) is 0 Å². The first kappa shape index (κ1) is 19.2. The van der Waals surface area contributed by atoms with Crippen LogP contribution in [0, 0.1) is 22.7 Å². The molecule has 2 saturated carbocycles. The van der Waals surface area contributed by atoms with Gasteiger partial charge in [0.05, 0.1) is 12.7 Å². The molecule has 1 N–H and O–H groups in total. The number of hydrogen-bond donors (Lipinski definition) is 1. The van der Waals surface area contributed by atoms with Gasteiger partial charge in [-0.05, 0) is 71.5 Å². The minimum Gasteiger partial charge on any atom is -0.497 e. The Morgan fingerprint density at radius 3 is 2.56 bits per heavy atom. The fraction of sp³-hybridized carbons (Fsp3) is 0.696. The van der Waals surface area contributed by atoms with Crippen molar-refractivity contribution in [2.24, 2.45) is 22.7 Å². The zero-order chi connectivity index (χ0) is 19.6. The largest absolute Gasteiger partial charge is 0.497 e. The maximum Gasteiger partial charge on any atom is 0.336 e. The quantitative estimate of drug-likeness (QED) is 0.675. The van der Waals surface area contributed by atoms with Crippen molar-refractivity contribution in [3.05, 3.63) is 23.3 Å². The van der Waals surface area contributed by atoms with E-state index in [-0.39, 0.29) is 10.8 Å². The maximum absolute atomic E-state index is 12.2. The van der Waals surface area contributed by atoms with Crippen molar-refractivity contribution in [1.82, 2.24) is 0 Å². The third-order valence-electron chi connectivity index (χ3n) is 8.31. The summed E-state index contributed by atoms with van der Waals surface area (Å²) in [5, 5.41) is 9.98. The molecule has 2 aliphatic carbocycles. The molecule has 0 aromatic heterocycles. The molecule has 3 aliphatic rings. The molecule has 1 heterocycles. The Hall–Kier alpha value is -1.16. The highest BCUT2D eigenvalue weighted by Gasteiger charge is 2.60. The number of methoxy groups -OCH3 is 1. The predicted molar refractivity (Wildman–Crippen MR) is 110 cm³/mol. The minimum absolute atomic E-state index is 0.0702. The van der Waals surface area contributed by atoms with Gasteiger partial charge in [0.15, 0.2) is 0 Å². The second-order valence-electron chi connectivity index (χ2n) is 10.1. The van der Waals surface area contributed by atoms with Crippen LogP contribution < -0.4 is 4.74 Å². The van der Waals surface area contributed by atoms with Crippen LogP contribution in [0.2, 0.25) is 0 Å². The van der Waals surface area contributed by atoms with Gasteiger partial charge in [-0.25, -0.2) is 4.79 Å². The topological polar surface area (TPSA) is 46.5 Å². The number of benzene rings is 1. The molecule has 4 rings (SSSR count). The fourth-order valence-corrected chi connectivity index (χ4v) is 8.86. The SMILES string of the molecule is COc1cc2c(c(C(=O)O)c1)C1(C)CCC3C(C)(C)CCCC3(C)C1CS2. The molecule has 1 aromatic carbocycles. The summed E-state index contributed by atoms with van der Waals surface area (Å²) in [5.41, 5.74) is 2.12. The van der Waals surface area contributed by atoms with E-state index in [0.29, 0.717) is 22.6 Å². The number of ether oxygens (including phenoxy) is 1. The van der Waals surface area contributed by atoms with Crippen molar-refractivity contribution in [2.45, 2.75) is 70.1 Å². The Morgan fingerprint density at radius 1 is 1.15 bits per heavy atom. The second kappa shape index (κ2) is 6.17. The molecular weight excluding hydrogens is 356 g/mol. The van der Waals surface area contributed by atoms with E-state index < -0.39 is 5.97 Å². The Kier molecular flexibility index (Phi) is 4.38. The number of carboxylic acid groups (broad SMARTS) is 1. The first-order valence-electron chi connectivity index (χ1n) is 10.2. The van der Waals surface area contributed by atoms with Gasteiger partial charge in [0.25, 0.3) is 0 Å². The standard InChI is InChI=1S/C23H32O3S/c1-21(2)8-6-9-22(3)17(21)7-10-23(4)18(22)13-27-16-12-14(26-5)11-15(19(16)23)20(24)25/h11-12,17-18H,6-10,13H2,1-5H3,(H,24,25). The van der Waals surface area contributed by atoms with Crippen molar-refractivity contribution in [3.63, 3.8) is 0 Å². The second-order valence-corrected chi connectivity index (χ2v) is 11.1. The number of fused-ring (bicyclic) bond motifs is 5. The van der Waals surface area contributed by atoms with Gasteiger partial charge in [-0.1, -0.05) is 34.1 Å². The Bertz CT molecular complexity index is 786. The van der Waals surface area contributed by atoms with Crippen LogP contribution in [-0.2, 0) is 5.41 Å². The van der Waals surface area contributed by atoms with Crippen molar-refractivity contribution in [3.8, 4) is 5.75 Å². The van der Waals surface area contributed by atoms with Gasteiger partial charge in [0.1, 0.15) is 5.75 Å². The zero-order valence-corrected chi connectivity index (χ0v) is 18.0. The fourth-order valence-electron chi connectivity index (χ4n) is 7.08. The highest BCUT2D eigenvalue weighted by molar-refractivity contribution is 7.99. The van der Waals surface area contributed by atoms with Crippen LogP contribution in [0.25, 0.3) is 0 Å². The smallest absolute Gasteiger partial charge is 0.336 e. The van der Waals surface area contributed by atoms with E-state index in [1.165, 1.54) is 25.7 Å². The molecule has 0 amide bonds. The number of aromatic carboxylic acids is 1. The molecule has 2 fully saturated rings. The number of thioether (sulfide) groups is 1. The summed E-state index contributed by atoms with van der Waals surface area (Å²) >= 11 is 1.85. The van der Waals surface area contributed by atoms with E-state index in [4.69, 9.17) is 4.74 Å². The lowest BCUT2D eigenvalue weighted by Gasteiger charge is -2.64. The molecule has 4 heteroatoms. The van der Waals surface area contributed by atoms with Gasteiger partial charge in [-0.3, -0.25) is 0 Å². The van der Waals surface area contributed by atoms with Crippen LogP contribution in [0.4, 0.5) is 0 Å². The maximum atomic E-state index is 12.2. The molecule has 0 spiro atoms. The summed E-state index contributed by atoms with van der Waals surface area (Å²) in [7, 11) is 1.61. The van der Waals surface area contributed by atoms with Crippen molar-refractivity contribution in [2.75, 3.05) is 12.9 Å². The van der Waals surface area contributed by atoms with E-state index in [2.05, 4.69) is 27.7 Å². The summed E-state index contributed by atoms with van der Waals surface area (Å²) in [4.78, 5) is 13.3. The van der Waals surface area contributed by atoms with Gasteiger partial charge < -0.3 is 9.84 Å². The average molecular weight is 389 g/mol. The normalized spacial score (nSPS) is 36.9. The van der Waals surface area contributed by atoms with Crippen LogP contribution in [0.3, 0.4) is 0 Å². The first-order chi connectivity index (χ1) is 12.6. The highest BCUT2D eigenvalue weighted by atomic mass is 32.2. The zero-order valence-electron chi connectivity index (χ0n) is 17.2. The van der Waals surface area contributed by atoms with E-state index in [0.717, 1.165) is 28.6 Å². The monoisotopic (exact) mass is 388 g/mol. The van der Waals surface area contributed by atoms with Crippen molar-refractivity contribution < 1.29 is 14.6 Å². The Balaban J connectivity index is 1.87. The molecule has 27 heavy (non-hydrogen) atoms. The molecule has 1 aromatic rings. The van der Waals surface area contributed by atoms with Crippen LogP contribution >= 0.6 is 11.8 Å². The van der Waals surface area contributed by atoms with Crippen LogP contribution in [0.1, 0.15) is 75.7 Å². The number of rotatable bonds is 2. The Morgan fingerprint density at radius 2 is 1.89 bits per heavy atom. The number of carboxylic acids is 1. The van der Waals surface area contributed by atoms with Crippen LogP contribution in [0.5, 0.6) is 5.75 Å². The molecule has 0 saturated heterocycles. The van der Waals surface area contributed by atoms with Gasteiger partial charge in [-0.2, -0.15) is 0 Å². The summed E-state index contributed by atoms with van der Waals surface area (Å²) in [5.74, 6) is 2.15. The van der Waals surface area contributed by atoms with Gasteiger partial charge in [-0.15, -0.1) is 11.8 Å². The minimum atomic E-state index is -0.830. The third kappa shape index (κ3) is 2.66. The van der Waals surface area contributed by atoms with E-state index in [1.807, 2.05) is 17.8 Å². The van der Waals surface area contributed by atoms with Crippen LogP contribution in [0.15, 0.2) is 17.0 Å². The third-order valence-corrected chi connectivity index (χ3v) is 9.44. The molecule has 4 unspecified atom stereocenters. The Labute approximate surface area is 167 Å². The molecule has 0 radical (unpaired) electrons. The molecule has 1 aliphatic heterocycles. The lowest BCUT2D eigenvalue weighted by Crippen LogP contribution is -2.58. The summed E-state index contributed by atoms with van der Waals surface area (Å²) < 4.78 is 5.40. The first-order valence-corrected chi connectivity index (χ1v) is 11.2. The van der Waals surface area contributed by atoms with E-state index in [1.54, 1.807) is 13.2 Å². The van der Waals surface area contributed by atoms with Crippen molar-refractivity contribution >= 4 is 17.7 Å². The predicted octanol–water partition coefficient (Wildman–Crippen LogP) is 6.00. The number of carbonyl (C=O) groups is 1. The van der Waals surface area contributed by atoms with Gasteiger partial charge >= 0.3 is 5.97 Å². The molecule has 0 bridgehead atoms. The van der Waals surface area contributed by atoms with E-state index >= 15 is 0 Å². The van der Waals surface area contributed by atoms with E-state index in [9.17, 15) is 9.90 Å².